The molecule has 2 amide bonds. The third kappa shape index (κ3) is 10.4. The van der Waals surface area contributed by atoms with Crippen LogP contribution in [0.1, 0.15) is 13.3 Å². The molecule has 15 heteroatoms. The molecule has 14 nitrogen and oxygen atoms in total. The van der Waals surface area contributed by atoms with Crippen molar-refractivity contribution in [1.29, 1.82) is 0 Å². The van der Waals surface area contributed by atoms with Crippen LogP contribution in [-0.2, 0) is 28.7 Å². The summed E-state index contributed by atoms with van der Waals surface area (Å²) in [6.45, 7) is -0.179. The highest BCUT2D eigenvalue weighted by molar-refractivity contribution is 8.93. The predicted octanol–water partition coefficient (Wildman–Crippen LogP) is -0.956. The van der Waals surface area contributed by atoms with Crippen molar-refractivity contribution in [3.05, 3.63) is 34.4 Å². The summed E-state index contributed by atoms with van der Waals surface area (Å²) < 4.78 is 9.58. The van der Waals surface area contributed by atoms with Crippen molar-refractivity contribution >= 4 is 52.4 Å². The van der Waals surface area contributed by atoms with E-state index < -0.39 is 66.3 Å². The van der Waals surface area contributed by atoms with Crippen molar-refractivity contribution in [1.82, 2.24) is 10.6 Å². The second-order valence-corrected chi connectivity index (χ2v) is 6.01. The molecule has 0 heterocycles. The fraction of sp³-hybridized carbons (Fsp3) is 0.353. The molecule has 0 saturated carbocycles. The number of nitrogens with zero attached hydrogens (tertiary/aromatic N) is 1. The van der Waals surface area contributed by atoms with Gasteiger partial charge in [-0.3, -0.25) is 29.3 Å². The molecule has 0 radical (unpaired) electrons. The minimum atomic E-state index is -1.46. The molecular formula is C17H21BrN4O10. The van der Waals surface area contributed by atoms with Crippen LogP contribution in [0.4, 0.5) is 5.69 Å². The van der Waals surface area contributed by atoms with Crippen LogP contribution in [0.3, 0.4) is 0 Å². The maximum Gasteiger partial charge on any atom is 0.330 e. The molecule has 0 aliphatic rings. The van der Waals surface area contributed by atoms with E-state index in [9.17, 15) is 34.1 Å². The molecule has 0 aliphatic heterocycles. The normalized spacial score (nSPS) is 11.7. The lowest BCUT2D eigenvalue weighted by Gasteiger charge is -2.19. The number of carboxylic acid groups (broad SMARTS) is 1. The summed E-state index contributed by atoms with van der Waals surface area (Å²) in [5.41, 5.74) is 5.20. The van der Waals surface area contributed by atoms with Crippen LogP contribution in [-0.4, -0.2) is 65.0 Å². The van der Waals surface area contributed by atoms with Crippen molar-refractivity contribution in [3.63, 3.8) is 0 Å². The number of halogens is 1. The smallest absolute Gasteiger partial charge is 0.330 e. The maximum atomic E-state index is 12.3. The highest BCUT2D eigenvalue weighted by Crippen LogP contribution is 2.17. The molecule has 0 aromatic heterocycles. The summed E-state index contributed by atoms with van der Waals surface area (Å²) in [7, 11) is 0. The minimum Gasteiger partial charge on any atom is -0.481 e. The first-order chi connectivity index (χ1) is 14.5. The largest absolute Gasteiger partial charge is 0.481 e. The number of nitrogens with one attached hydrogen (secondary N) is 2. The molecule has 0 aliphatic carbocycles. The van der Waals surface area contributed by atoms with Crippen molar-refractivity contribution in [2.45, 2.75) is 25.4 Å². The second-order valence-electron chi connectivity index (χ2n) is 6.01. The number of nitrogens with two attached hydrogens (primary N) is 1. The van der Waals surface area contributed by atoms with Gasteiger partial charge in [-0.1, -0.05) is 0 Å². The number of ether oxygens (including phenoxy) is 2. The second kappa shape index (κ2) is 13.7. The molecule has 176 valence electrons. The molecule has 0 spiro atoms. The number of benzene rings is 1. The van der Waals surface area contributed by atoms with Crippen molar-refractivity contribution in [3.8, 4) is 5.75 Å². The Balaban J connectivity index is 0.00000961. The number of carbonyl (C=O) groups excluding carboxylic acids is 4. The number of rotatable bonds is 11. The zero-order valence-electron chi connectivity index (χ0n) is 16.6. The Kier molecular flexibility index (Phi) is 12.1. The van der Waals surface area contributed by atoms with Gasteiger partial charge in [0.1, 0.15) is 24.9 Å². The molecule has 1 rings (SSSR count). The van der Waals surface area contributed by atoms with Gasteiger partial charge in [-0.2, -0.15) is 0 Å². The molecule has 1 aromatic carbocycles. The third-order valence-electron chi connectivity index (χ3n) is 3.50. The fourth-order valence-corrected chi connectivity index (χ4v) is 2.03. The van der Waals surface area contributed by atoms with E-state index in [1.165, 1.54) is 12.1 Å². The monoisotopic (exact) mass is 520 g/mol. The fourth-order valence-electron chi connectivity index (χ4n) is 2.03. The summed E-state index contributed by atoms with van der Waals surface area (Å²) in [4.78, 5) is 67.6. The standard InChI is InChI=1S/C17H20N4O10.BrH/c1-9(22)30-8-13(20-16(26)12(18)6-14(23)24)17(27)19-7-15(25)31-11-4-2-10(3-5-11)21(28)29;/h2-5,12-13H,6-8,18H2,1H3,(H,19,27)(H,20,26)(H,23,24);1H/t12-,13-;/m0./s1. The number of carbonyl (C=O) groups is 5. The van der Waals surface area contributed by atoms with Gasteiger partial charge in [-0.15, -0.1) is 17.0 Å². The number of nitro groups is 1. The SMILES string of the molecule is Br.CC(=O)OC[C@H](NC(=O)[C@@H](N)CC(=O)O)C(=O)NCC(=O)Oc1ccc([N+](=O)[O-])cc1. The van der Waals surface area contributed by atoms with E-state index in [4.69, 9.17) is 15.6 Å². The Bertz CT molecular complexity index is 861. The Morgan fingerprint density at radius 1 is 1.16 bits per heavy atom. The highest BCUT2D eigenvalue weighted by atomic mass is 79.9. The lowest BCUT2D eigenvalue weighted by atomic mass is 10.2. The molecule has 2 atom stereocenters. The summed E-state index contributed by atoms with van der Waals surface area (Å²) in [5.74, 6) is -4.94. The van der Waals surface area contributed by atoms with Crippen LogP contribution in [0, 0.1) is 10.1 Å². The number of nitro benzene ring substituents is 1. The summed E-state index contributed by atoms with van der Waals surface area (Å²) in [6.07, 6.45) is -0.699. The van der Waals surface area contributed by atoms with Gasteiger partial charge in [0, 0.05) is 19.1 Å². The Morgan fingerprint density at radius 3 is 2.25 bits per heavy atom. The van der Waals surface area contributed by atoms with Gasteiger partial charge in [0.05, 0.1) is 17.4 Å². The van der Waals surface area contributed by atoms with E-state index in [-0.39, 0.29) is 28.4 Å². The van der Waals surface area contributed by atoms with E-state index in [2.05, 4.69) is 15.4 Å². The van der Waals surface area contributed by atoms with Crippen molar-refractivity contribution in [2.75, 3.05) is 13.2 Å². The molecule has 0 saturated heterocycles. The molecule has 5 N–H and O–H groups in total. The molecule has 0 bridgehead atoms. The quantitative estimate of drug-likeness (QED) is 0.120. The first kappa shape index (κ1) is 28.4. The van der Waals surface area contributed by atoms with Crippen LogP contribution in [0.2, 0.25) is 0 Å². The van der Waals surface area contributed by atoms with E-state index in [0.717, 1.165) is 19.1 Å². The van der Waals surface area contributed by atoms with E-state index in [1.807, 2.05) is 0 Å². The topological polar surface area (TPSA) is 217 Å². The van der Waals surface area contributed by atoms with Gasteiger partial charge in [0.15, 0.2) is 0 Å². The number of amides is 2. The zero-order valence-corrected chi connectivity index (χ0v) is 18.4. The van der Waals surface area contributed by atoms with Gasteiger partial charge < -0.3 is 30.9 Å². The van der Waals surface area contributed by atoms with Gasteiger partial charge >= 0.3 is 17.9 Å². The lowest BCUT2D eigenvalue weighted by Crippen LogP contribution is -2.54. The molecular weight excluding hydrogens is 500 g/mol. The Labute approximate surface area is 191 Å². The molecule has 32 heavy (non-hydrogen) atoms. The Morgan fingerprint density at radius 2 is 1.75 bits per heavy atom. The number of non-ortho nitro benzene ring substituents is 1. The van der Waals surface area contributed by atoms with Crippen molar-refractivity contribution in [2.24, 2.45) is 5.73 Å². The van der Waals surface area contributed by atoms with Gasteiger partial charge in [0.2, 0.25) is 11.8 Å². The molecule has 1 aromatic rings. The van der Waals surface area contributed by atoms with Gasteiger partial charge in [-0.25, -0.2) is 4.79 Å². The zero-order chi connectivity index (χ0) is 23.6. The van der Waals surface area contributed by atoms with Crippen LogP contribution in [0.15, 0.2) is 24.3 Å². The van der Waals surface area contributed by atoms with E-state index in [1.54, 1.807) is 0 Å². The van der Waals surface area contributed by atoms with Crippen LogP contribution >= 0.6 is 17.0 Å². The number of carboxylic acids is 1. The number of hydrogen-bond acceptors (Lipinski definition) is 10. The summed E-state index contributed by atoms with van der Waals surface area (Å²) in [5, 5.41) is 23.6. The van der Waals surface area contributed by atoms with Gasteiger partial charge in [-0.05, 0) is 12.1 Å². The first-order valence-corrected chi connectivity index (χ1v) is 8.63. The lowest BCUT2D eigenvalue weighted by molar-refractivity contribution is -0.384. The minimum absolute atomic E-state index is 0. The third-order valence-corrected chi connectivity index (χ3v) is 3.50. The van der Waals surface area contributed by atoms with E-state index >= 15 is 0 Å². The molecule has 0 fully saturated rings. The van der Waals surface area contributed by atoms with Crippen LogP contribution in [0.25, 0.3) is 0 Å². The first-order valence-electron chi connectivity index (χ1n) is 8.63. The van der Waals surface area contributed by atoms with Crippen LogP contribution < -0.4 is 21.1 Å². The molecule has 0 unspecified atom stereocenters. The average Bonchev–Trinajstić information content (AvgIpc) is 2.68. The average molecular weight is 521 g/mol. The van der Waals surface area contributed by atoms with Crippen molar-refractivity contribution < 1.29 is 43.5 Å². The highest BCUT2D eigenvalue weighted by Gasteiger charge is 2.26. The number of aliphatic carboxylic acids is 1. The number of hydrogen-bond donors (Lipinski definition) is 4. The predicted molar refractivity (Wildman–Crippen MR) is 111 cm³/mol. The Hall–Kier alpha value is -3.59. The summed E-state index contributed by atoms with van der Waals surface area (Å²) >= 11 is 0. The number of esters is 2. The van der Waals surface area contributed by atoms with Gasteiger partial charge in [0.25, 0.3) is 5.69 Å². The van der Waals surface area contributed by atoms with Crippen LogP contribution in [0.5, 0.6) is 5.75 Å². The van der Waals surface area contributed by atoms with E-state index in [0.29, 0.717) is 0 Å². The maximum absolute atomic E-state index is 12.3. The summed E-state index contributed by atoms with van der Waals surface area (Å²) in [6, 6.07) is 1.69.